The van der Waals surface area contributed by atoms with E-state index in [4.69, 9.17) is 0 Å². The van der Waals surface area contributed by atoms with Crippen LogP contribution in [-0.2, 0) is 11.3 Å². The topological polar surface area (TPSA) is 52.7 Å². The highest BCUT2D eigenvalue weighted by Crippen LogP contribution is 2.21. The van der Waals surface area contributed by atoms with Gasteiger partial charge in [0.1, 0.15) is 0 Å². The number of hydrogen-bond donors (Lipinski definition) is 1. The molecule has 5 nitrogen and oxygen atoms in total. The van der Waals surface area contributed by atoms with Crippen LogP contribution in [0.3, 0.4) is 0 Å². The summed E-state index contributed by atoms with van der Waals surface area (Å²) in [6, 6.07) is 16.6. The lowest BCUT2D eigenvalue weighted by atomic mass is 9.95. The molecule has 0 bridgehead atoms. The Balaban J connectivity index is 1.25. The summed E-state index contributed by atoms with van der Waals surface area (Å²) in [4.78, 5) is 30.2. The molecule has 2 amide bonds. The summed E-state index contributed by atoms with van der Waals surface area (Å²) in [6.07, 6.45) is 3.70. The number of benzene rings is 2. The molecule has 5 heteroatoms. The molecule has 0 radical (unpaired) electrons. The van der Waals surface area contributed by atoms with Crippen LogP contribution in [0.2, 0.25) is 0 Å². The number of carbonyl (C=O) groups is 2. The summed E-state index contributed by atoms with van der Waals surface area (Å²) in [5.41, 5.74) is 4.50. The van der Waals surface area contributed by atoms with Gasteiger partial charge in [0.25, 0.3) is 5.91 Å². The van der Waals surface area contributed by atoms with Crippen LogP contribution >= 0.6 is 0 Å². The molecule has 2 aliphatic rings. The number of carbonyl (C=O) groups excluding carboxylic acids is 2. The first-order valence-corrected chi connectivity index (χ1v) is 11.9. The predicted octanol–water partition coefficient (Wildman–Crippen LogP) is 3.94. The summed E-state index contributed by atoms with van der Waals surface area (Å²) in [7, 11) is 0. The zero-order chi connectivity index (χ0) is 22.5. The number of hydrogen-bond acceptors (Lipinski definition) is 3. The predicted molar refractivity (Wildman–Crippen MR) is 127 cm³/mol. The molecule has 32 heavy (non-hydrogen) atoms. The molecule has 1 atom stereocenters. The first-order valence-electron chi connectivity index (χ1n) is 11.9. The van der Waals surface area contributed by atoms with E-state index >= 15 is 0 Å². The lowest BCUT2D eigenvalue weighted by Crippen LogP contribution is -2.50. The van der Waals surface area contributed by atoms with Crippen molar-refractivity contribution in [3.8, 4) is 0 Å². The second-order valence-corrected chi connectivity index (χ2v) is 9.50. The largest absolute Gasteiger partial charge is 0.353 e. The quantitative estimate of drug-likeness (QED) is 0.777. The molecular weight excluding hydrogens is 398 g/mol. The molecule has 4 rings (SSSR count). The lowest BCUT2D eigenvalue weighted by Gasteiger charge is -2.35. The molecule has 0 aromatic heterocycles. The van der Waals surface area contributed by atoms with Crippen LogP contribution in [0.25, 0.3) is 0 Å². The number of likely N-dealkylation sites (tertiary alicyclic amines) is 2. The monoisotopic (exact) mass is 433 g/mol. The van der Waals surface area contributed by atoms with Gasteiger partial charge in [0.05, 0.1) is 5.92 Å². The number of nitrogens with zero attached hydrogens (tertiary/aromatic N) is 2. The maximum Gasteiger partial charge on any atom is 0.253 e. The van der Waals surface area contributed by atoms with E-state index in [1.807, 2.05) is 36.1 Å². The van der Waals surface area contributed by atoms with E-state index in [1.54, 1.807) is 0 Å². The minimum Gasteiger partial charge on any atom is -0.353 e. The van der Waals surface area contributed by atoms with Crippen molar-refractivity contribution in [2.24, 2.45) is 5.92 Å². The Bertz CT molecular complexity index is 932. The summed E-state index contributed by atoms with van der Waals surface area (Å²) in [6.45, 7) is 8.37. The second kappa shape index (κ2) is 10.3. The molecule has 2 aliphatic heterocycles. The van der Waals surface area contributed by atoms with Gasteiger partial charge in [-0.2, -0.15) is 0 Å². The molecule has 2 fully saturated rings. The van der Waals surface area contributed by atoms with Gasteiger partial charge in [-0.3, -0.25) is 14.5 Å². The summed E-state index contributed by atoms with van der Waals surface area (Å²) in [5, 5.41) is 3.29. The zero-order valence-corrected chi connectivity index (χ0v) is 19.3. The van der Waals surface area contributed by atoms with Crippen molar-refractivity contribution in [1.82, 2.24) is 15.1 Å². The van der Waals surface area contributed by atoms with Gasteiger partial charge in [0.15, 0.2) is 0 Å². The SMILES string of the molecule is Cc1ccc(C(=O)N2CCCC(C(=O)NC3CCN(Cc4cccc(C)c4)CC3)C2)cc1. The number of amides is 2. The fraction of sp³-hybridized carbons (Fsp3) is 0.481. The summed E-state index contributed by atoms with van der Waals surface area (Å²) in [5.74, 6) is 0.0407. The Labute approximate surface area is 191 Å². The molecule has 0 aliphatic carbocycles. The van der Waals surface area contributed by atoms with E-state index in [9.17, 15) is 9.59 Å². The van der Waals surface area contributed by atoms with E-state index in [0.717, 1.165) is 57.4 Å². The molecule has 2 saturated heterocycles. The molecule has 1 N–H and O–H groups in total. The Morgan fingerprint density at radius 3 is 2.41 bits per heavy atom. The van der Waals surface area contributed by atoms with E-state index in [-0.39, 0.29) is 23.8 Å². The third kappa shape index (κ3) is 5.77. The molecule has 2 aromatic carbocycles. The smallest absolute Gasteiger partial charge is 0.253 e. The third-order valence-corrected chi connectivity index (χ3v) is 6.80. The van der Waals surface area contributed by atoms with Gasteiger partial charge in [-0.15, -0.1) is 0 Å². The molecule has 1 unspecified atom stereocenters. The minimum absolute atomic E-state index is 0.0342. The Hall–Kier alpha value is -2.66. The van der Waals surface area contributed by atoms with E-state index < -0.39 is 0 Å². The van der Waals surface area contributed by atoms with E-state index in [1.165, 1.54) is 11.1 Å². The number of piperidine rings is 2. The molecular formula is C27H35N3O2. The third-order valence-electron chi connectivity index (χ3n) is 6.80. The first kappa shape index (κ1) is 22.5. The number of rotatable bonds is 5. The van der Waals surface area contributed by atoms with E-state index in [2.05, 4.69) is 41.4 Å². The Morgan fingerprint density at radius 1 is 0.938 bits per heavy atom. The van der Waals surface area contributed by atoms with Crippen LogP contribution in [0.5, 0.6) is 0 Å². The first-order chi connectivity index (χ1) is 15.5. The van der Waals surface area contributed by atoms with Gasteiger partial charge in [0.2, 0.25) is 5.91 Å². The highest BCUT2D eigenvalue weighted by molar-refractivity contribution is 5.94. The Kier molecular flexibility index (Phi) is 7.26. The maximum absolute atomic E-state index is 13.0. The van der Waals surface area contributed by atoms with Crippen molar-refractivity contribution < 1.29 is 9.59 Å². The van der Waals surface area contributed by atoms with Crippen molar-refractivity contribution in [3.05, 3.63) is 70.8 Å². The highest BCUT2D eigenvalue weighted by atomic mass is 16.2. The van der Waals surface area contributed by atoms with Crippen molar-refractivity contribution in [2.45, 2.75) is 52.1 Å². The summed E-state index contributed by atoms with van der Waals surface area (Å²) < 4.78 is 0. The lowest BCUT2D eigenvalue weighted by molar-refractivity contribution is -0.127. The van der Waals surface area contributed by atoms with Crippen molar-refractivity contribution in [1.29, 1.82) is 0 Å². The van der Waals surface area contributed by atoms with Crippen LogP contribution in [-0.4, -0.2) is 53.8 Å². The van der Waals surface area contributed by atoms with Crippen molar-refractivity contribution in [2.75, 3.05) is 26.2 Å². The molecule has 2 heterocycles. The fourth-order valence-corrected chi connectivity index (χ4v) is 4.88. The molecule has 0 spiro atoms. The average molecular weight is 434 g/mol. The number of nitrogens with one attached hydrogen (secondary N) is 1. The van der Waals surface area contributed by atoms with E-state index in [0.29, 0.717) is 12.1 Å². The van der Waals surface area contributed by atoms with Gasteiger partial charge in [-0.25, -0.2) is 0 Å². The van der Waals surface area contributed by atoms with Crippen molar-refractivity contribution >= 4 is 11.8 Å². The molecule has 170 valence electrons. The minimum atomic E-state index is -0.108. The molecule has 2 aromatic rings. The van der Waals surface area contributed by atoms with Crippen molar-refractivity contribution in [3.63, 3.8) is 0 Å². The van der Waals surface area contributed by atoms with Gasteiger partial charge in [-0.1, -0.05) is 47.5 Å². The van der Waals surface area contributed by atoms with Crippen LogP contribution in [0, 0.1) is 19.8 Å². The highest BCUT2D eigenvalue weighted by Gasteiger charge is 2.30. The zero-order valence-electron chi connectivity index (χ0n) is 19.3. The average Bonchev–Trinajstić information content (AvgIpc) is 2.80. The van der Waals surface area contributed by atoms with Gasteiger partial charge >= 0.3 is 0 Å². The van der Waals surface area contributed by atoms with Crippen LogP contribution < -0.4 is 5.32 Å². The van der Waals surface area contributed by atoms with Gasteiger partial charge in [0, 0.05) is 44.3 Å². The number of aryl methyl sites for hydroxylation is 2. The van der Waals surface area contributed by atoms with Gasteiger partial charge in [-0.05, 0) is 57.2 Å². The summed E-state index contributed by atoms with van der Waals surface area (Å²) >= 11 is 0. The van der Waals surface area contributed by atoms with Crippen LogP contribution in [0.15, 0.2) is 48.5 Å². The Morgan fingerprint density at radius 2 is 1.69 bits per heavy atom. The van der Waals surface area contributed by atoms with Crippen LogP contribution in [0.1, 0.15) is 52.7 Å². The standard InChI is InChI=1S/C27H35N3O2/c1-20-8-10-23(11-9-20)27(32)30-14-4-7-24(19-30)26(31)28-25-12-15-29(16-13-25)18-22-6-3-5-21(2)17-22/h3,5-6,8-11,17,24-25H,4,7,12-16,18-19H2,1-2H3,(H,28,31). The fourth-order valence-electron chi connectivity index (χ4n) is 4.88. The van der Waals surface area contributed by atoms with Crippen LogP contribution in [0.4, 0.5) is 0 Å². The normalized spacial score (nSPS) is 20.2. The van der Waals surface area contributed by atoms with Gasteiger partial charge < -0.3 is 10.2 Å². The maximum atomic E-state index is 13.0. The molecule has 0 saturated carbocycles. The second-order valence-electron chi connectivity index (χ2n) is 9.50.